The van der Waals surface area contributed by atoms with E-state index in [2.05, 4.69) is 15.1 Å². The van der Waals surface area contributed by atoms with Crippen molar-refractivity contribution in [3.05, 3.63) is 24.3 Å². The second kappa shape index (κ2) is 10.6. The molecule has 1 aliphatic heterocycles. The standard InChI is InChI=1S/C23H32N4O4S2/c1-3-26(4-2)33(29,30)19-12-7-10-18(15-19)22-24-25-23(31-22)32-16-21(28)27-14-8-11-17-9-5-6-13-20(17)27/h7,10,12,15,17,20H,3-6,8-9,11,13-14,16H2,1-2H3. The highest BCUT2D eigenvalue weighted by atomic mass is 32.2. The highest BCUT2D eigenvalue weighted by Crippen LogP contribution is 2.36. The molecular formula is C23H32N4O4S2. The molecule has 2 fully saturated rings. The zero-order chi connectivity index (χ0) is 23.4. The quantitative estimate of drug-likeness (QED) is 0.513. The van der Waals surface area contributed by atoms with Crippen molar-refractivity contribution in [1.29, 1.82) is 0 Å². The van der Waals surface area contributed by atoms with Crippen LogP contribution in [0.5, 0.6) is 0 Å². The molecule has 1 saturated heterocycles. The van der Waals surface area contributed by atoms with E-state index >= 15 is 0 Å². The van der Waals surface area contributed by atoms with E-state index in [-0.39, 0.29) is 22.4 Å². The fourth-order valence-electron chi connectivity index (χ4n) is 5.03. The number of aromatic nitrogens is 2. The van der Waals surface area contributed by atoms with Crippen molar-refractivity contribution >= 4 is 27.7 Å². The van der Waals surface area contributed by atoms with Crippen molar-refractivity contribution in [2.45, 2.75) is 68.5 Å². The second-order valence-corrected chi connectivity index (χ2v) is 11.5. The number of hydrogen-bond acceptors (Lipinski definition) is 7. The number of piperidine rings is 1. The summed E-state index contributed by atoms with van der Waals surface area (Å²) < 4.78 is 32.8. The molecule has 2 aliphatic rings. The summed E-state index contributed by atoms with van der Waals surface area (Å²) in [5.41, 5.74) is 0.537. The molecular weight excluding hydrogens is 460 g/mol. The van der Waals surface area contributed by atoms with E-state index in [0.29, 0.717) is 35.8 Å². The lowest BCUT2D eigenvalue weighted by molar-refractivity contribution is -0.134. The minimum Gasteiger partial charge on any atom is -0.411 e. The molecule has 8 nitrogen and oxygen atoms in total. The topological polar surface area (TPSA) is 96.6 Å². The van der Waals surface area contributed by atoms with Crippen LogP contribution in [0.3, 0.4) is 0 Å². The molecule has 2 atom stereocenters. The van der Waals surface area contributed by atoms with Crippen molar-refractivity contribution < 1.29 is 17.6 Å². The third kappa shape index (κ3) is 5.27. The lowest BCUT2D eigenvalue weighted by Gasteiger charge is -2.44. The third-order valence-corrected chi connectivity index (χ3v) is 9.56. The predicted octanol–water partition coefficient (Wildman–Crippen LogP) is 4.04. The highest BCUT2D eigenvalue weighted by molar-refractivity contribution is 7.99. The van der Waals surface area contributed by atoms with Crippen LogP contribution in [-0.4, -0.2) is 65.2 Å². The summed E-state index contributed by atoms with van der Waals surface area (Å²) >= 11 is 1.24. The van der Waals surface area contributed by atoms with Gasteiger partial charge in [-0.15, -0.1) is 10.2 Å². The maximum Gasteiger partial charge on any atom is 0.277 e. The molecule has 4 rings (SSSR count). The fraction of sp³-hybridized carbons (Fsp3) is 0.609. The molecule has 1 aliphatic carbocycles. The number of amides is 1. The lowest BCUT2D eigenvalue weighted by atomic mass is 9.78. The number of carbonyl (C=O) groups is 1. The van der Waals surface area contributed by atoms with Crippen LogP contribution in [0.4, 0.5) is 0 Å². The van der Waals surface area contributed by atoms with Crippen molar-refractivity contribution in [2.75, 3.05) is 25.4 Å². The number of benzene rings is 1. The Balaban J connectivity index is 1.42. The summed E-state index contributed by atoms with van der Waals surface area (Å²) in [5, 5.41) is 8.46. The molecule has 0 N–H and O–H groups in total. The highest BCUT2D eigenvalue weighted by Gasteiger charge is 2.35. The average molecular weight is 493 g/mol. The Kier molecular flexibility index (Phi) is 7.76. The predicted molar refractivity (Wildman–Crippen MR) is 127 cm³/mol. The number of carbonyl (C=O) groups excluding carboxylic acids is 1. The van der Waals surface area contributed by atoms with Gasteiger partial charge in [0.25, 0.3) is 5.22 Å². The monoisotopic (exact) mass is 492 g/mol. The van der Waals surface area contributed by atoms with Gasteiger partial charge < -0.3 is 9.32 Å². The van der Waals surface area contributed by atoms with E-state index in [1.165, 1.54) is 41.8 Å². The van der Waals surface area contributed by atoms with Gasteiger partial charge in [-0.05, 0) is 49.8 Å². The zero-order valence-corrected chi connectivity index (χ0v) is 20.9. The first-order valence-corrected chi connectivity index (χ1v) is 14.2. The summed E-state index contributed by atoms with van der Waals surface area (Å²) in [4.78, 5) is 15.2. The van der Waals surface area contributed by atoms with Gasteiger partial charge >= 0.3 is 0 Å². The number of rotatable bonds is 8. The first-order valence-electron chi connectivity index (χ1n) is 11.8. The van der Waals surface area contributed by atoms with Crippen LogP contribution in [-0.2, 0) is 14.8 Å². The Morgan fingerprint density at radius 2 is 1.91 bits per heavy atom. The molecule has 1 saturated carbocycles. The largest absolute Gasteiger partial charge is 0.411 e. The van der Waals surface area contributed by atoms with E-state index in [0.717, 1.165) is 19.4 Å². The Bertz CT molecular complexity index is 1070. The van der Waals surface area contributed by atoms with Gasteiger partial charge in [0, 0.05) is 31.2 Å². The zero-order valence-electron chi connectivity index (χ0n) is 19.3. The fourth-order valence-corrected chi connectivity index (χ4v) is 7.18. The maximum absolute atomic E-state index is 12.9. The molecule has 2 heterocycles. The number of likely N-dealkylation sites (tertiary alicyclic amines) is 1. The second-order valence-electron chi connectivity index (χ2n) is 8.62. The number of fused-ring (bicyclic) bond motifs is 1. The normalized spacial score (nSPS) is 21.2. The van der Waals surface area contributed by atoms with Crippen LogP contribution in [0.15, 0.2) is 38.8 Å². The van der Waals surface area contributed by atoms with Crippen LogP contribution in [0.25, 0.3) is 11.5 Å². The van der Waals surface area contributed by atoms with Crippen LogP contribution in [0.1, 0.15) is 52.4 Å². The Morgan fingerprint density at radius 1 is 1.15 bits per heavy atom. The van der Waals surface area contributed by atoms with Gasteiger partial charge in [0.15, 0.2) is 0 Å². The van der Waals surface area contributed by atoms with Crippen molar-refractivity contribution in [3.8, 4) is 11.5 Å². The van der Waals surface area contributed by atoms with E-state index < -0.39 is 10.0 Å². The van der Waals surface area contributed by atoms with Crippen LogP contribution >= 0.6 is 11.8 Å². The Labute approximate surface area is 200 Å². The number of nitrogens with zero attached hydrogens (tertiary/aromatic N) is 4. The van der Waals surface area contributed by atoms with Gasteiger partial charge in [-0.25, -0.2) is 8.42 Å². The van der Waals surface area contributed by atoms with Gasteiger partial charge in [-0.3, -0.25) is 4.79 Å². The number of sulfonamides is 1. The molecule has 2 aromatic rings. The number of thioether (sulfide) groups is 1. The molecule has 180 valence electrons. The third-order valence-electron chi connectivity index (χ3n) is 6.71. The lowest BCUT2D eigenvalue weighted by Crippen LogP contribution is -2.50. The van der Waals surface area contributed by atoms with Crippen molar-refractivity contribution in [3.63, 3.8) is 0 Å². The Morgan fingerprint density at radius 3 is 2.70 bits per heavy atom. The summed E-state index contributed by atoms with van der Waals surface area (Å²) in [6, 6.07) is 6.92. The summed E-state index contributed by atoms with van der Waals surface area (Å²) in [6.07, 6.45) is 7.14. The van der Waals surface area contributed by atoms with Gasteiger partial charge in [-0.2, -0.15) is 4.31 Å². The average Bonchev–Trinajstić information content (AvgIpc) is 3.32. The van der Waals surface area contributed by atoms with E-state index in [1.54, 1.807) is 24.3 Å². The minimum absolute atomic E-state index is 0.128. The molecule has 0 bridgehead atoms. The van der Waals surface area contributed by atoms with Gasteiger partial charge in [0.1, 0.15) is 0 Å². The van der Waals surface area contributed by atoms with Crippen LogP contribution < -0.4 is 0 Å². The van der Waals surface area contributed by atoms with Gasteiger partial charge in [-0.1, -0.05) is 44.5 Å². The van der Waals surface area contributed by atoms with Gasteiger partial charge in [0.05, 0.1) is 10.6 Å². The Hall–Kier alpha value is -1.91. The van der Waals surface area contributed by atoms with E-state index in [1.807, 2.05) is 13.8 Å². The summed E-state index contributed by atoms with van der Waals surface area (Å²) in [7, 11) is -3.58. The van der Waals surface area contributed by atoms with E-state index in [9.17, 15) is 13.2 Å². The number of hydrogen-bond donors (Lipinski definition) is 0. The molecule has 1 aromatic carbocycles. The van der Waals surface area contributed by atoms with Crippen LogP contribution in [0.2, 0.25) is 0 Å². The minimum atomic E-state index is -3.58. The molecule has 33 heavy (non-hydrogen) atoms. The van der Waals surface area contributed by atoms with Crippen molar-refractivity contribution in [2.24, 2.45) is 5.92 Å². The van der Waals surface area contributed by atoms with Crippen LogP contribution in [0, 0.1) is 5.92 Å². The molecule has 0 spiro atoms. The molecule has 1 aromatic heterocycles. The summed E-state index contributed by atoms with van der Waals surface area (Å²) in [6.45, 7) is 5.26. The molecule has 2 unspecified atom stereocenters. The maximum atomic E-state index is 12.9. The molecule has 1 amide bonds. The van der Waals surface area contributed by atoms with Gasteiger partial charge in [0.2, 0.25) is 21.8 Å². The smallest absolute Gasteiger partial charge is 0.277 e. The summed E-state index contributed by atoms with van der Waals surface area (Å²) in [5.74, 6) is 1.29. The first-order chi connectivity index (χ1) is 15.9. The SMILES string of the molecule is CCN(CC)S(=O)(=O)c1cccc(-c2nnc(SCC(=O)N3CCCC4CCCCC43)o2)c1. The molecule has 0 radical (unpaired) electrons. The molecule has 10 heteroatoms. The first kappa shape index (κ1) is 24.2. The van der Waals surface area contributed by atoms with Crippen molar-refractivity contribution in [1.82, 2.24) is 19.4 Å². The van der Waals surface area contributed by atoms with E-state index in [4.69, 9.17) is 4.42 Å².